The number of para-hydroxylation sites is 1. The highest BCUT2D eigenvalue weighted by atomic mass is 19.3. The third-order valence-corrected chi connectivity index (χ3v) is 6.28. The van der Waals surface area contributed by atoms with E-state index in [-0.39, 0.29) is 12.1 Å². The van der Waals surface area contributed by atoms with Crippen LogP contribution in [0.1, 0.15) is 30.3 Å². The number of fused-ring (bicyclic) bond motifs is 2. The van der Waals surface area contributed by atoms with Gasteiger partial charge >= 0.3 is 5.92 Å². The summed E-state index contributed by atoms with van der Waals surface area (Å²) < 4.78 is 46.6. The first-order chi connectivity index (χ1) is 16.4. The van der Waals surface area contributed by atoms with Gasteiger partial charge in [-0.1, -0.05) is 24.3 Å². The summed E-state index contributed by atoms with van der Waals surface area (Å²) in [6, 6.07) is 11.7. The highest BCUT2D eigenvalue weighted by molar-refractivity contribution is 5.87. The normalized spacial score (nSPS) is 18.1. The van der Waals surface area contributed by atoms with Gasteiger partial charge in [0.05, 0.1) is 6.04 Å². The Morgan fingerprint density at radius 1 is 1.06 bits per heavy atom. The lowest BCUT2D eigenvalue weighted by atomic mass is 10.0. The SMILES string of the molecule is O=C(N[C@H](CN1CCCC1)[C@H](O)c1ccc2c(c1)OCCO2)C(F)(F)c1cc2ccccc2o1. The molecule has 5 rings (SSSR count). The van der Waals surface area contributed by atoms with Gasteiger partial charge in [-0.2, -0.15) is 8.78 Å². The summed E-state index contributed by atoms with van der Waals surface area (Å²) in [5.41, 5.74) is 0.718. The summed E-state index contributed by atoms with van der Waals surface area (Å²) >= 11 is 0. The number of furan rings is 1. The molecule has 180 valence electrons. The zero-order valence-corrected chi connectivity index (χ0v) is 18.5. The Morgan fingerprint density at radius 3 is 2.56 bits per heavy atom. The predicted molar refractivity (Wildman–Crippen MR) is 120 cm³/mol. The van der Waals surface area contributed by atoms with Crippen LogP contribution in [0, 0.1) is 0 Å². The van der Waals surface area contributed by atoms with Gasteiger partial charge in [0.25, 0.3) is 5.91 Å². The van der Waals surface area contributed by atoms with Crippen LogP contribution in [0.5, 0.6) is 11.5 Å². The molecular weight excluding hydrogens is 446 g/mol. The van der Waals surface area contributed by atoms with Crippen molar-refractivity contribution in [2.45, 2.75) is 30.9 Å². The van der Waals surface area contributed by atoms with E-state index in [1.165, 1.54) is 6.07 Å². The second-order valence-corrected chi connectivity index (χ2v) is 8.66. The van der Waals surface area contributed by atoms with Crippen LogP contribution in [0.25, 0.3) is 11.0 Å². The first kappa shape index (κ1) is 22.6. The maximum absolute atomic E-state index is 15.1. The number of nitrogens with one attached hydrogen (secondary N) is 1. The fourth-order valence-corrected chi connectivity index (χ4v) is 4.45. The maximum Gasteiger partial charge on any atom is 0.380 e. The third kappa shape index (κ3) is 4.45. The first-order valence-corrected chi connectivity index (χ1v) is 11.4. The summed E-state index contributed by atoms with van der Waals surface area (Å²) in [6.07, 6.45) is 0.734. The number of alkyl halides is 2. The number of aliphatic hydroxyl groups is 1. The second-order valence-electron chi connectivity index (χ2n) is 8.66. The largest absolute Gasteiger partial charge is 0.486 e. The van der Waals surface area contributed by atoms with E-state index in [1.807, 2.05) is 4.90 Å². The van der Waals surface area contributed by atoms with E-state index in [1.54, 1.807) is 42.5 Å². The van der Waals surface area contributed by atoms with E-state index >= 15 is 8.78 Å². The van der Waals surface area contributed by atoms with Crippen molar-refractivity contribution < 1.29 is 32.6 Å². The highest BCUT2D eigenvalue weighted by Gasteiger charge is 2.46. The molecule has 1 saturated heterocycles. The van der Waals surface area contributed by atoms with Crippen molar-refractivity contribution in [2.75, 3.05) is 32.8 Å². The molecule has 1 amide bonds. The van der Waals surface area contributed by atoms with Crippen LogP contribution in [0.15, 0.2) is 52.9 Å². The minimum Gasteiger partial charge on any atom is -0.486 e. The molecule has 0 unspecified atom stereocenters. The van der Waals surface area contributed by atoms with Gasteiger partial charge in [-0.15, -0.1) is 0 Å². The lowest BCUT2D eigenvalue weighted by molar-refractivity contribution is -0.151. The average Bonchev–Trinajstić information content (AvgIpc) is 3.53. The Hall–Kier alpha value is -3.17. The molecular formula is C25H26F2N2O5. The first-order valence-electron chi connectivity index (χ1n) is 11.4. The molecule has 0 saturated carbocycles. The van der Waals surface area contributed by atoms with Crippen LogP contribution in [0.4, 0.5) is 8.78 Å². The fraction of sp³-hybridized carbons (Fsp3) is 0.400. The number of benzene rings is 2. The maximum atomic E-state index is 15.1. The Labute approximate surface area is 195 Å². The summed E-state index contributed by atoms with van der Waals surface area (Å²) in [6.45, 7) is 2.60. The molecule has 2 aliphatic heterocycles. The number of nitrogens with zero attached hydrogens (tertiary/aromatic N) is 1. The Morgan fingerprint density at radius 2 is 1.79 bits per heavy atom. The van der Waals surface area contributed by atoms with Crippen LogP contribution in [0.2, 0.25) is 0 Å². The number of aliphatic hydroxyl groups excluding tert-OH is 1. The van der Waals surface area contributed by atoms with E-state index in [0.717, 1.165) is 25.9 Å². The number of carbonyl (C=O) groups excluding carboxylic acids is 1. The predicted octanol–water partition coefficient (Wildman–Crippen LogP) is 3.61. The zero-order chi connectivity index (χ0) is 23.7. The molecule has 1 fully saturated rings. The molecule has 0 radical (unpaired) electrons. The summed E-state index contributed by atoms with van der Waals surface area (Å²) in [7, 11) is 0. The van der Waals surface area contributed by atoms with Crippen molar-refractivity contribution >= 4 is 16.9 Å². The minimum atomic E-state index is -3.91. The highest BCUT2D eigenvalue weighted by Crippen LogP contribution is 2.35. The van der Waals surface area contributed by atoms with Crippen LogP contribution >= 0.6 is 0 Å². The Kier molecular flexibility index (Phi) is 6.14. The minimum absolute atomic E-state index is 0.234. The van der Waals surface area contributed by atoms with Crippen LogP contribution in [-0.4, -0.2) is 54.8 Å². The molecule has 9 heteroatoms. The van der Waals surface area contributed by atoms with Crippen molar-refractivity contribution in [2.24, 2.45) is 0 Å². The molecule has 0 aliphatic carbocycles. The molecule has 0 bridgehead atoms. The second kappa shape index (κ2) is 9.23. The van der Waals surface area contributed by atoms with Gasteiger partial charge in [-0.25, -0.2) is 0 Å². The lowest BCUT2D eigenvalue weighted by Crippen LogP contribution is -2.50. The number of likely N-dealkylation sites (tertiary alicyclic amines) is 1. The smallest absolute Gasteiger partial charge is 0.380 e. The molecule has 2 N–H and O–H groups in total. The van der Waals surface area contributed by atoms with E-state index in [2.05, 4.69) is 5.32 Å². The van der Waals surface area contributed by atoms with Crippen molar-refractivity contribution in [3.63, 3.8) is 0 Å². The zero-order valence-electron chi connectivity index (χ0n) is 18.5. The van der Waals surface area contributed by atoms with Crippen molar-refractivity contribution in [3.05, 3.63) is 59.9 Å². The van der Waals surface area contributed by atoms with E-state index in [4.69, 9.17) is 13.9 Å². The van der Waals surface area contributed by atoms with Gasteiger partial charge in [0.2, 0.25) is 0 Å². The van der Waals surface area contributed by atoms with Gasteiger partial charge in [-0.3, -0.25) is 4.79 Å². The van der Waals surface area contributed by atoms with Gasteiger partial charge < -0.3 is 29.2 Å². The molecule has 3 aromatic rings. The van der Waals surface area contributed by atoms with Gasteiger partial charge in [0, 0.05) is 11.9 Å². The van der Waals surface area contributed by atoms with Gasteiger partial charge in [0.15, 0.2) is 17.3 Å². The topological polar surface area (TPSA) is 84.2 Å². The monoisotopic (exact) mass is 472 g/mol. The Balaban J connectivity index is 1.39. The number of carbonyl (C=O) groups is 1. The van der Waals surface area contributed by atoms with E-state index in [9.17, 15) is 9.90 Å². The third-order valence-electron chi connectivity index (χ3n) is 6.28. The standard InChI is InChI=1S/C25H26F2N2O5/c26-25(27,22-14-16-5-1-2-6-19(16)34-22)24(31)28-18(15-29-9-3-4-10-29)23(30)17-7-8-20-21(13-17)33-12-11-32-20/h1-2,5-8,13-14,18,23,30H,3-4,9-12,15H2,(H,28,31)/t18-,23-/m1/s1. The fourth-order valence-electron chi connectivity index (χ4n) is 4.45. The quantitative estimate of drug-likeness (QED) is 0.547. The van der Waals surface area contributed by atoms with Crippen LogP contribution in [0.3, 0.4) is 0 Å². The summed E-state index contributed by atoms with van der Waals surface area (Å²) in [5, 5.41) is 14.0. The average molecular weight is 472 g/mol. The van der Waals surface area contributed by atoms with Crippen molar-refractivity contribution in [1.29, 1.82) is 0 Å². The van der Waals surface area contributed by atoms with Crippen molar-refractivity contribution in [3.8, 4) is 11.5 Å². The van der Waals surface area contributed by atoms with Crippen LogP contribution in [-0.2, 0) is 10.7 Å². The molecule has 2 aromatic carbocycles. The molecule has 1 aromatic heterocycles. The molecule has 2 aliphatic rings. The number of hydrogen-bond acceptors (Lipinski definition) is 6. The van der Waals surface area contributed by atoms with E-state index < -0.39 is 29.7 Å². The Bertz CT molecular complexity index is 1140. The molecule has 2 atom stereocenters. The summed E-state index contributed by atoms with van der Waals surface area (Å²) in [4.78, 5) is 14.8. The van der Waals surface area contributed by atoms with E-state index in [0.29, 0.717) is 35.7 Å². The van der Waals surface area contributed by atoms with Crippen LogP contribution < -0.4 is 14.8 Å². The molecule has 0 spiro atoms. The molecule has 34 heavy (non-hydrogen) atoms. The molecule has 7 nitrogen and oxygen atoms in total. The summed E-state index contributed by atoms with van der Waals surface area (Å²) in [5.74, 6) is -5.14. The number of ether oxygens (including phenoxy) is 2. The number of amides is 1. The lowest BCUT2D eigenvalue weighted by Gasteiger charge is -2.30. The molecule has 3 heterocycles. The number of halogens is 2. The van der Waals surface area contributed by atoms with Gasteiger partial charge in [0.1, 0.15) is 24.9 Å². The number of rotatable bonds is 7. The number of hydrogen-bond donors (Lipinski definition) is 2. The van der Waals surface area contributed by atoms with Gasteiger partial charge in [-0.05, 0) is 55.8 Å². The van der Waals surface area contributed by atoms with Crippen molar-refractivity contribution in [1.82, 2.24) is 10.2 Å².